The van der Waals surface area contributed by atoms with Gasteiger partial charge in [0.25, 0.3) is 0 Å². The van der Waals surface area contributed by atoms with Crippen molar-refractivity contribution in [1.82, 2.24) is 5.32 Å². The van der Waals surface area contributed by atoms with Crippen LogP contribution in [0.3, 0.4) is 0 Å². The molecule has 0 aliphatic carbocycles. The van der Waals surface area contributed by atoms with Gasteiger partial charge in [-0.05, 0) is 6.92 Å². The fraction of sp³-hybridized carbons (Fsp3) is 0.833. The van der Waals surface area contributed by atoms with Crippen LogP contribution in [0.2, 0.25) is 0 Å². The molecule has 1 aliphatic rings. The number of aliphatic hydroxyl groups is 1. The minimum absolute atomic E-state index is 0.294. The van der Waals surface area contributed by atoms with E-state index in [1.165, 1.54) is 0 Å². The summed E-state index contributed by atoms with van der Waals surface area (Å²) < 4.78 is 0. The van der Waals surface area contributed by atoms with Gasteiger partial charge in [0.1, 0.15) is 6.04 Å². The van der Waals surface area contributed by atoms with E-state index < -0.39 is 17.6 Å². The van der Waals surface area contributed by atoms with Crippen LogP contribution in [0.4, 0.5) is 0 Å². The first-order chi connectivity index (χ1) is 4.51. The van der Waals surface area contributed by atoms with Crippen LogP contribution in [0, 0.1) is 0 Å². The Kier molecular flexibility index (Phi) is 1.66. The first-order valence-electron chi connectivity index (χ1n) is 3.20. The molecule has 4 nitrogen and oxygen atoms in total. The van der Waals surface area contributed by atoms with Crippen LogP contribution in [0.25, 0.3) is 0 Å². The number of aliphatic carboxylic acids is 1. The van der Waals surface area contributed by atoms with E-state index in [0.29, 0.717) is 13.0 Å². The monoisotopic (exact) mass is 145 g/mol. The number of hydrogen-bond donors (Lipinski definition) is 3. The highest BCUT2D eigenvalue weighted by Crippen LogP contribution is 2.17. The lowest BCUT2D eigenvalue weighted by Gasteiger charge is -2.12. The molecular weight excluding hydrogens is 134 g/mol. The molecule has 1 aliphatic heterocycles. The molecule has 1 fully saturated rings. The summed E-state index contributed by atoms with van der Waals surface area (Å²) in [7, 11) is 0. The molecule has 1 unspecified atom stereocenters. The number of carboxylic acids is 1. The fourth-order valence-corrected chi connectivity index (χ4v) is 1.10. The van der Waals surface area contributed by atoms with Crippen molar-refractivity contribution in [2.75, 3.05) is 6.54 Å². The lowest BCUT2D eigenvalue weighted by Crippen LogP contribution is -2.30. The zero-order chi connectivity index (χ0) is 7.78. The maximum absolute atomic E-state index is 10.3. The SMILES string of the molecule is CC1(O)CN[C@H](C(=O)O)C1. The van der Waals surface area contributed by atoms with E-state index >= 15 is 0 Å². The molecule has 0 radical (unpaired) electrons. The van der Waals surface area contributed by atoms with Crippen molar-refractivity contribution in [3.63, 3.8) is 0 Å². The van der Waals surface area contributed by atoms with Crippen LogP contribution in [0.15, 0.2) is 0 Å². The molecule has 0 bridgehead atoms. The van der Waals surface area contributed by atoms with E-state index in [1.807, 2.05) is 0 Å². The number of hydrogen-bond acceptors (Lipinski definition) is 3. The van der Waals surface area contributed by atoms with E-state index in [-0.39, 0.29) is 0 Å². The molecule has 0 amide bonds. The maximum Gasteiger partial charge on any atom is 0.320 e. The molecule has 1 rings (SSSR count). The second-order valence-electron chi connectivity index (χ2n) is 2.97. The van der Waals surface area contributed by atoms with E-state index in [4.69, 9.17) is 5.11 Å². The second kappa shape index (κ2) is 2.21. The predicted molar refractivity (Wildman–Crippen MR) is 34.7 cm³/mol. The lowest BCUT2D eigenvalue weighted by atomic mass is 10.0. The second-order valence-corrected chi connectivity index (χ2v) is 2.97. The van der Waals surface area contributed by atoms with Crippen molar-refractivity contribution in [3.05, 3.63) is 0 Å². The van der Waals surface area contributed by atoms with Gasteiger partial charge in [0.15, 0.2) is 0 Å². The van der Waals surface area contributed by atoms with Crippen LogP contribution >= 0.6 is 0 Å². The van der Waals surface area contributed by atoms with Crippen molar-refractivity contribution >= 4 is 5.97 Å². The zero-order valence-electron chi connectivity index (χ0n) is 5.79. The topological polar surface area (TPSA) is 69.6 Å². The Labute approximate surface area is 58.9 Å². The Balaban J connectivity index is 2.51. The molecule has 0 aromatic rings. The van der Waals surface area contributed by atoms with Crippen LogP contribution in [0.5, 0.6) is 0 Å². The fourth-order valence-electron chi connectivity index (χ4n) is 1.10. The van der Waals surface area contributed by atoms with Crippen molar-refractivity contribution in [2.45, 2.75) is 25.0 Å². The third-order valence-corrected chi connectivity index (χ3v) is 1.67. The van der Waals surface area contributed by atoms with Crippen LogP contribution < -0.4 is 5.32 Å². The zero-order valence-corrected chi connectivity index (χ0v) is 5.79. The van der Waals surface area contributed by atoms with Gasteiger partial charge in [-0.1, -0.05) is 0 Å². The highest BCUT2D eigenvalue weighted by molar-refractivity contribution is 5.74. The largest absolute Gasteiger partial charge is 0.480 e. The average Bonchev–Trinajstić information content (AvgIpc) is 2.10. The third kappa shape index (κ3) is 1.46. The number of β-amino-alcohol motifs (C(OH)–C–C–N with tert-alkyl or cyclic N) is 1. The summed E-state index contributed by atoms with van der Waals surface area (Å²) in [6.07, 6.45) is 0.294. The number of carbonyl (C=O) groups is 1. The van der Waals surface area contributed by atoms with Gasteiger partial charge in [0.2, 0.25) is 0 Å². The Morgan fingerprint density at radius 2 is 2.40 bits per heavy atom. The van der Waals surface area contributed by atoms with Gasteiger partial charge < -0.3 is 15.5 Å². The van der Waals surface area contributed by atoms with Gasteiger partial charge >= 0.3 is 5.97 Å². The molecule has 0 aromatic heterocycles. The van der Waals surface area contributed by atoms with E-state index in [1.54, 1.807) is 6.92 Å². The van der Waals surface area contributed by atoms with Crippen LogP contribution in [0.1, 0.15) is 13.3 Å². The molecular formula is C6H11NO3. The Bertz CT molecular complexity index is 155. The molecule has 1 saturated heterocycles. The third-order valence-electron chi connectivity index (χ3n) is 1.67. The highest BCUT2D eigenvalue weighted by Gasteiger charge is 2.36. The molecule has 1 heterocycles. The minimum Gasteiger partial charge on any atom is -0.480 e. The molecule has 0 aromatic carbocycles. The lowest BCUT2D eigenvalue weighted by molar-refractivity contribution is -0.139. The van der Waals surface area contributed by atoms with Gasteiger partial charge in [0, 0.05) is 13.0 Å². The number of nitrogens with one attached hydrogen (secondary N) is 1. The maximum atomic E-state index is 10.3. The first-order valence-corrected chi connectivity index (χ1v) is 3.20. The highest BCUT2D eigenvalue weighted by atomic mass is 16.4. The van der Waals surface area contributed by atoms with Crippen molar-refractivity contribution < 1.29 is 15.0 Å². The molecule has 10 heavy (non-hydrogen) atoms. The molecule has 0 spiro atoms. The summed E-state index contributed by atoms with van der Waals surface area (Å²) in [5.74, 6) is -0.891. The molecule has 4 heteroatoms. The first kappa shape index (κ1) is 7.50. The van der Waals surface area contributed by atoms with E-state index in [0.717, 1.165) is 0 Å². The Hall–Kier alpha value is -0.610. The number of rotatable bonds is 1. The summed E-state index contributed by atoms with van der Waals surface area (Å²) >= 11 is 0. The van der Waals surface area contributed by atoms with Crippen molar-refractivity contribution in [2.24, 2.45) is 0 Å². The summed E-state index contributed by atoms with van der Waals surface area (Å²) in [5.41, 5.74) is -0.844. The molecule has 0 saturated carbocycles. The quantitative estimate of drug-likeness (QED) is 0.451. The van der Waals surface area contributed by atoms with Gasteiger partial charge in [-0.25, -0.2) is 0 Å². The summed E-state index contributed by atoms with van der Waals surface area (Å²) in [4.78, 5) is 10.3. The smallest absolute Gasteiger partial charge is 0.320 e. The van der Waals surface area contributed by atoms with Gasteiger partial charge in [-0.15, -0.1) is 0 Å². The standard InChI is InChI=1S/C6H11NO3/c1-6(10)2-4(5(8)9)7-3-6/h4,7,10H,2-3H2,1H3,(H,8,9)/t4-,6?/m0/s1. The van der Waals surface area contributed by atoms with Gasteiger partial charge in [0.05, 0.1) is 5.60 Å². The summed E-state index contributed by atoms with van der Waals surface area (Å²) in [6, 6.07) is -0.574. The van der Waals surface area contributed by atoms with Crippen LogP contribution in [-0.2, 0) is 4.79 Å². The Morgan fingerprint density at radius 3 is 2.60 bits per heavy atom. The molecule has 2 atom stereocenters. The van der Waals surface area contributed by atoms with Crippen molar-refractivity contribution in [3.8, 4) is 0 Å². The summed E-state index contributed by atoms with van der Waals surface area (Å²) in [5, 5.41) is 20.5. The van der Waals surface area contributed by atoms with E-state index in [9.17, 15) is 9.90 Å². The predicted octanol–water partition coefficient (Wildman–Crippen LogP) is -0.816. The Morgan fingerprint density at radius 1 is 1.80 bits per heavy atom. The molecule has 3 N–H and O–H groups in total. The minimum atomic E-state index is -0.891. The van der Waals surface area contributed by atoms with E-state index in [2.05, 4.69) is 5.32 Å². The van der Waals surface area contributed by atoms with Gasteiger partial charge in [-0.2, -0.15) is 0 Å². The van der Waals surface area contributed by atoms with Crippen LogP contribution in [-0.4, -0.2) is 34.4 Å². The van der Waals surface area contributed by atoms with Crippen molar-refractivity contribution in [1.29, 1.82) is 0 Å². The average molecular weight is 145 g/mol. The summed E-state index contributed by atoms with van der Waals surface area (Å²) in [6.45, 7) is 1.99. The number of carboxylic acid groups (broad SMARTS) is 1. The normalized spacial score (nSPS) is 40.0. The molecule has 58 valence electrons. The van der Waals surface area contributed by atoms with Gasteiger partial charge in [-0.3, -0.25) is 4.79 Å².